The molecule has 10 amide bonds. The molecule has 2 aromatic rings. The fraction of sp³-hybridized carbons (Fsp3) is 0.574. The average Bonchev–Trinajstić information content (AvgIpc) is 3.25. The van der Waals surface area contributed by atoms with Crippen molar-refractivity contribution < 1.29 is 47.8 Å². The molecule has 2 atom stereocenters. The maximum absolute atomic E-state index is 13.1. The number of likely N-dealkylation sites (N-methyl/N-ethyl adjacent to an activating group) is 2. The summed E-state index contributed by atoms with van der Waals surface area (Å²) in [5, 5.41) is 11.4. The number of nitrogens with one attached hydrogen (secondary N) is 4. The highest BCUT2D eigenvalue weighted by atomic mass is 16.6. The van der Waals surface area contributed by atoms with Crippen molar-refractivity contribution in [2.45, 2.75) is 112 Å². The average molecular weight is 905 g/mol. The van der Waals surface area contributed by atoms with Gasteiger partial charge in [0.15, 0.2) is 0 Å². The normalized spacial score (nSPS) is 15.6. The number of carbonyl (C=O) groups is 8. The van der Waals surface area contributed by atoms with Crippen LogP contribution in [0.3, 0.4) is 0 Å². The number of hydrogen-bond donors (Lipinski definition) is 4. The molecule has 2 heterocycles. The predicted molar refractivity (Wildman–Crippen MR) is 243 cm³/mol. The molecule has 18 heteroatoms. The molecule has 18 nitrogen and oxygen atoms in total. The molecule has 0 bridgehead atoms. The minimum Gasteiger partial charge on any atom is -0.410 e. The number of imide groups is 2. The lowest BCUT2D eigenvalue weighted by Gasteiger charge is -2.36. The van der Waals surface area contributed by atoms with Gasteiger partial charge in [-0.3, -0.25) is 29.0 Å². The summed E-state index contributed by atoms with van der Waals surface area (Å²) in [5.41, 5.74) is 0.617. The van der Waals surface area contributed by atoms with Crippen molar-refractivity contribution in [3.8, 4) is 11.5 Å². The Balaban J connectivity index is 1.07. The van der Waals surface area contributed by atoms with Crippen LogP contribution in [0, 0.1) is 10.8 Å². The second-order valence-corrected chi connectivity index (χ2v) is 18.4. The Morgan fingerprint density at radius 2 is 0.831 bits per heavy atom. The number of ether oxygens (including phenoxy) is 2. The van der Waals surface area contributed by atoms with Crippen molar-refractivity contribution >= 4 is 47.9 Å². The van der Waals surface area contributed by atoms with E-state index in [0.29, 0.717) is 37.7 Å². The SMILES string of the molecule is CCN1CCN(C(=O)NC(c2ccc(OC(=O)NCCCCCCCCCNC(=O)Oc3ccc(C(NC(=O)N4CCN(CC)C(=O)C4=O)C(C)(C)C)cc3)cc2)C(C)(C)C)C(=O)C1=O. The standard InChI is InChI=1S/C47H68N8O10/c1-9-52-28-30-54(40(58)38(52)56)42(60)50-36(46(3,4)5)32-18-22-34(23-19-32)64-44(62)48-26-16-14-12-11-13-15-17-27-49-45(63)65-35-24-20-33(21-25-35)37(47(6,7)8)51-43(61)55-31-29-53(10-2)39(57)41(55)59/h18-25,36-37H,9-17,26-31H2,1-8H3,(H,48,62)(H,49,63)(H,50,60)(H,51,61). The minimum atomic E-state index is -0.846. The Hall–Kier alpha value is -6.20. The van der Waals surface area contributed by atoms with E-state index in [1.165, 1.54) is 9.80 Å². The first kappa shape index (κ1) is 51.4. The molecule has 0 spiro atoms. The van der Waals surface area contributed by atoms with Gasteiger partial charge >= 0.3 is 47.9 Å². The van der Waals surface area contributed by atoms with Crippen LogP contribution in [-0.4, -0.2) is 120 Å². The number of amides is 10. The Bertz CT molecular complexity index is 1850. The van der Waals surface area contributed by atoms with Crippen molar-refractivity contribution in [1.29, 1.82) is 0 Å². The maximum Gasteiger partial charge on any atom is 0.412 e. The second-order valence-electron chi connectivity index (χ2n) is 18.4. The van der Waals surface area contributed by atoms with Crippen LogP contribution in [0.25, 0.3) is 0 Å². The van der Waals surface area contributed by atoms with E-state index in [4.69, 9.17) is 9.47 Å². The Morgan fingerprint density at radius 1 is 0.508 bits per heavy atom. The number of urea groups is 2. The molecule has 2 aliphatic rings. The van der Waals surface area contributed by atoms with Gasteiger partial charge in [0.1, 0.15) is 11.5 Å². The zero-order chi connectivity index (χ0) is 47.9. The van der Waals surface area contributed by atoms with E-state index < -0.39 is 70.8 Å². The fourth-order valence-electron chi connectivity index (χ4n) is 7.60. The summed E-state index contributed by atoms with van der Waals surface area (Å²) >= 11 is 0. The summed E-state index contributed by atoms with van der Waals surface area (Å²) in [7, 11) is 0. The quantitative estimate of drug-likeness (QED) is 0.0972. The summed E-state index contributed by atoms with van der Waals surface area (Å²) in [4.78, 5) is 106. The van der Waals surface area contributed by atoms with E-state index >= 15 is 0 Å². The van der Waals surface area contributed by atoms with Crippen molar-refractivity contribution in [2.24, 2.45) is 10.8 Å². The van der Waals surface area contributed by atoms with Crippen LogP contribution in [0.5, 0.6) is 11.5 Å². The molecule has 4 N–H and O–H groups in total. The Labute approximate surface area is 382 Å². The van der Waals surface area contributed by atoms with Gasteiger partial charge in [-0.2, -0.15) is 0 Å². The molecule has 0 saturated carbocycles. The van der Waals surface area contributed by atoms with Gasteiger partial charge in [-0.1, -0.05) is 97.9 Å². The second kappa shape index (κ2) is 23.6. The summed E-state index contributed by atoms with van der Waals surface area (Å²) in [5.74, 6) is -2.40. The molecule has 0 aromatic heterocycles. The molecule has 65 heavy (non-hydrogen) atoms. The predicted octanol–water partition coefficient (Wildman–Crippen LogP) is 6.27. The smallest absolute Gasteiger partial charge is 0.410 e. The number of nitrogens with zero attached hydrogens (tertiary/aromatic N) is 4. The Morgan fingerprint density at radius 3 is 1.14 bits per heavy atom. The monoisotopic (exact) mass is 905 g/mol. The highest BCUT2D eigenvalue weighted by Gasteiger charge is 2.39. The molecule has 2 fully saturated rings. The summed E-state index contributed by atoms with van der Waals surface area (Å²) in [6.07, 6.45) is 5.35. The highest BCUT2D eigenvalue weighted by Crippen LogP contribution is 2.35. The third kappa shape index (κ3) is 14.9. The zero-order valence-electron chi connectivity index (χ0n) is 39.3. The van der Waals surface area contributed by atoms with Gasteiger partial charge in [-0.25, -0.2) is 19.2 Å². The molecule has 4 rings (SSSR count). The molecular weight excluding hydrogens is 837 g/mol. The Kier molecular flexibility index (Phi) is 18.7. The first-order valence-electron chi connectivity index (χ1n) is 22.7. The molecular formula is C47H68N8O10. The van der Waals surface area contributed by atoms with Gasteiger partial charge in [0.25, 0.3) is 0 Å². The number of benzene rings is 2. The van der Waals surface area contributed by atoms with Crippen LogP contribution in [-0.2, 0) is 19.2 Å². The third-order valence-electron chi connectivity index (χ3n) is 11.4. The van der Waals surface area contributed by atoms with Gasteiger partial charge < -0.3 is 40.5 Å². The zero-order valence-corrected chi connectivity index (χ0v) is 39.3. The number of unbranched alkanes of at least 4 members (excludes halogenated alkanes) is 6. The first-order valence-corrected chi connectivity index (χ1v) is 22.7. The first-order chi connectivity index (χ1) is 30.7. The van der Waals surface area contributed by atoms with E-state index in [2.05, 4.69) is 21.3 Å². The lowest BCUT2D eigenvalue weighted by atomic mass is 9.82. The molecule has 2 saturated heterocycles. The van der Waals surface area contributed by atoms with Gasteiger partial charge in [0.05, 0.1) is 12.1 Å². The molecule has 0 aliphatic carbocycles. The van der Waals surface area contributed by atoms with Crippen LogP contribution in [0.15, 0.2) is 48.5 Å². The largest absolute Gasteiger partial charge is 0.412 e. The van der Waals surface area contributed by atoms with Gasteiger partial charge in [-0.05, 0) is 72.9 Å². The van der Waals surface area contributed by atoms with Crippen molar-refractivity contribution in [2.75, 3.05) is 52.4 Å². The van der Waals surface area contributed by atoms with E-state index in [1.807, 2.05) is 41.5 Å². The lowest BCUT2D eigenvalue weighted by molar-refractivity contribution is -0.153. The third-order valence-corrected chi connectivity index (χ3v) is 11.4. The van der Waals surface area contributed by atoms with Crippen molar-refractivity contribution in [3.05, 3.63) is 59.7 Å². The highest BCUT2D eigenvalue weighted by molar-refractivity contribution is 6.38. The molecule has 2 unspecified atom stereocenters. The van der Waals surface area contributed by atoms with Crippen molar-refractivity contribution in [3.63, 3.8) is 0 Å². The van der Waals surface area contributed by atoms with Crippen LogP contribution in [0.2, 0.25) is 0 Å². The van der Waals surface area contributed by atoms with E-state index in [-0.39, 0.29) is 26.2 Å². The van der Waals surface area contributed by atoms with Crippen LogP contribution < -0.4 is 30.7 Å². The minimum absolute atomic E-state index is 0.118. The van der Waals surface area contributed by atoms with Crippen LogP contribution in [0.1, 0.15) is 124 Å². The fourth-order valence-corrected chi connectivity index (χ4v) is 7.60. The molecule has 2 aromatic carbocycles. The summed E-state index contributed by atoms with van der Waals surface area (Å²) in [6.45, 7) is 17.8. The van der Waals surface area contributed by atoms with E-state index in [9.17, 15) is 38.4 Å². The molecule has 2 aliphatic heterocycles. The van der Waals surface area contributed by atoms with Gasteiger partial charge in [0.2, 0.25) is 0 Å². The summed E-state index contributed by atoms with van der Waals surface area (Å²) in [6, 6.07) is 11.4. The summed E-state index contributed by atoms with van der Waals surface area (Å²) < 4.78 is 10.9. The number of piperazine rings is 2. The van der Waals surface area contributed by atoms with Gasteiger partial charge in [0, 0.05) is 52.4 Å². The van der Waals surface area contributed by atoms with E-state index in [0.717, 1.165) is 65.9 Å². The lowest BCUT2D eigenvalue weighted by Crippen LogP contribution is -2.58. The van der Waals surface area contributed by atoms with Gasteiger partial charge in [-0.15, -0.1) is 0 Å². The van der Waals surface area contributed by atoms with Crippen LogP contribution >= 0.6 is 0 Å². The topological polar surface area (TPSA) is 216 Å². The molecule has 356 valence electrons. The molecule has 0 radical (unpaired) electrons. The van der Waals surface area contributed by atoms with E-state index in [1.54, 1.807) is 62.4 Å². The maximum atomic E-state index is 13.1. The number of rotatable bonds is 18. The number of hydrogen-bond acceptors (Lipinski definition) is 10. The van der Waals surface area contributed by atoms with Crippen LogP contribution in [0.4, 0.5) is 19.2 Å². The number of carbonyl (C=O) groups excluding carboxylic acids is 8. The van der Waals surface area contributed by atoms with Crippen molar-refractivity contribution in [1.82, 2.24) is 40.9 Å².